The van der Waals surface area contributed by atoms with Gasteiger partial charge in [-0.15, -0.1) is 0 Å². The average Bonchev–Trinajstić information content (AvgIpc) is 2.68. The molecular weight excluding hydrogens is 425 g/mol. The van der Waals surface area contributed by atoms with Gasteiger partial charge in [-0.3, -0.25) is 14.4 Å². The van der Waals surface area contributed by atoms with Gasteiger partial charge in [-0.1, -0.05) is 44.0 Å². The molecule has 0 bridgehead atoms. The fraction of sp³-hybridized carbons (Fsp3) is 0.318. The summed E-state index contributed by atoms with van der Waals surface area (Å²) in [5.41, 5.74) is 1.45. The van der Waals surface area contributed by atoms with Crippen LogP contribution in [0.5, 0.6) is 0 Å². The van der Waals surface area contributed by atoms with Gasteiger partial charge in [-0.2, -0.15) is 0 Å². The van der Waals surface area contributed by atoms with E-state index in [4.69, 9.17) is 23.2 Å². The summed E-state index contributed by atoms with van der Waals surface area (Å²) < 4.78 is 0. The lowest BCUT2D eigenvalue weighted by Gasteiger charge is -2.20. The molecular formula is C22H25Cl2N3O3. The lowest BCUT2D eigenvalue weighted by atomic mass is 10.0. The lowest BCUT2D eigenvalue weighted by Crippen LogP contribution is -2.44. The van der Waals surface area contributed by atoms with E-state index in [0.29, 0.717) is 29.2 Å². The predicted octanol–water partition coefficient (Wildman–Crippen LogP) is 5.13. The first-order chi connectivity index (χ1) is 14.2. The number of hydrogen-bond donors (Lipinski definition) is 3. The maximum Gasteiger partial charge on any atom is 0.253 e. The minimum absolute atomic E-state index is 0.0904. The summed E-state index contributed by atoms with van der Waals surface area (Å²) in [6, 6.07) is 10.6. The van der Waals surface area contributed by atoms with E-state index in [0.717, 1.165) is 0 Å². The summed E-state index contributed by atoms with van der Waals surface area (Å²) in [6.45, 7) is 5.70. The molecule has 1 atom stereocenters. The molecule has 2 aromatic carbocycles. The first-order valence-electron chi connectivity index (χ1n) is 9.66. The van der Waals surface area contributed by atoms with Crippen molar-refractivity contribution in [3.8, 4) is 0 Å². The second-order valence-electron chi connectivity index (χ2n) is 7.25. The minimum Gasteiger partial charge on any atom is -0.340 e. The maximum atomic E-state index is 12.8. The largest absolute Gasteiger partial charge is 0.340 e. The normalized spacial score (nSPS) is 11.7. The van der Waals surface area contributed by atoms with Crippen molar-refractivity contribution in [2.45, 2.75) is 39.7 Å². The first-order valence-corrected chi connectivity index (χ1v) is 10.4. The summed E-state index contributed by atoms with van der Waals surface area (Å²) in [5.74, 6) is -0.705. The molecule has 0 saturated carbocycles. The number of nitrogens with one attached hydrogen (secondary N) is 3. The Labute approximate surface area is 186 Å². The van der Waals surface area contributed by atoms with Gasteiger partial charge in [0.15, 0.2) is 0 Å². The molecule has 3 amide bonds. The van der Waals surface area contributed by atoms with Crippen LogP contribution < -0.4 is 16.0 Å². The van der Waals surface area contributed by atoms with Gasteiger partial charge in [-0.05, 0) is 54.8 Å². The highest BCUT2D eigenvalue weighted by Gasteiger charge is 2.23. The van der Waals surface area contributed by atoms with Crippen LogP contribution in [-0.2, 0) is 9.59 Å². The van der Waals surface area contributed by atoms with E-state index >= 15 is 0 Å². The zero-order valence-electron chi connectivity index (χ0n) is 17.1. The van der Waals surface area contributed by atoms with Crippen LogP contribution in [0.4, 0.5) is 11.4 Å². The molecule has 8 heteroatoms. The summed E-state index contributed by atoms with van der Waals surface area (Å²) in [4.78, 5) is 36.9. The van der Waals surface area contributed by atoms with Gasteiger partial charge in [0, 0.05) is 22.8 Å². The van der Waals surface area contributed by atoms with E-state index in [-0.39, 0.29) is 28.3 Å². The van der Waals surface area contributed by atoms with Crippen molar-refractivity contribution < 1.29 is 14.4 Å². The van der Waals surface area contributed by atoms with E-state index < -0.39 is 11.9 Å². The molecule has 0 aliphatic heterocycles. The van der Waals surface area contributed by atoms with Crippen LogP contribution in [-0.4, -0.2) is 23.8 Å². The monoisotopic (exact) mass is 449 g/mol. The van der Waals surface area contributed by atoms with Crippen molar-refractivity contribution in [3.05, 3.63) is 58.1 Å². The Morgan fingerprint density at radius 2 is 1.53 bits per heavy atom. The van der Waals surface area contributed by atoms with Crippen molar-refractivity contribution in [2.75, 3.05) is 10.6 Å². The number of anilines is 2. The van der Waals surface area contributed by atoms with Crippen molar-refractivity contribution >= 4 is 52.3 Å². The van der Waals surface area contributed by atoms with E-state index in [1.54, 1.807) is 37.3 Å². The van der Waals surface area contributed by atoms with E-state index in [2.05, 4.69) is 16.0 Å². The quantitative estimate of drug-likeness (QED) is 0.522. The summed E-state index contributed by atoms with van der Waals surface area (Å²) in [5, 5.41) is 8.94. The van der Waals surface area contributed by atoms with Crippen LogP contribution in [0.3, 0.4) is 0 Å². The fourth-order valence-electron chi connectivity index (χ4n) is 2.73. The van der Waals surface area contributed by atoms with Crippen molar-refractivity contribution in [2.24, 2.45) is 5.92 Å². The van der Waals surface area contributed by atoms with Gasteiger partial charge in [0.1, 0.15) is 6.04 Å². The number of amides is 3. The number of rotatable bonds is 8. The van der Waals surface area contributed by atoms with Gasteiger partial charge < -0.3 is 16.0 Å². The molecule has 1 unspecified atom stereocenters. The maximum absolute atomic E-state index is 12.8. The molecule has 3 N–H and O–H groups in total. The Hall–Kier alpha value is -2.57. The molecule has 2 aromatic rings. The fourth-order valence-corrected chi connectivity index (χ4v) is 3.22. The van der Waals surface area contributed by atoms with Gasteiger partial charge in [0.2, 0.25) is 11.8 Å². The molecule has 2 rings (SSSR count). The Morgan fingerprint density at radius 3 is 2.07 bits per heavy atom. The molecule has 0 aliphatic carbocycles. The molecule has 0 radical (unpaired) electrons. The summed E-state index contributed by atoms with van der Waals surface area (Å²) >= 11 is 12.0. The first kappa shape index (κ1) is 23.7. The van der Waals surface area contributed by atoms with Crippen LogP contribution in [0.2, 0.25) is 10.0 Å². The van der Waals surface area contributed by atoms with Crippen molar-refractivity contribution in [1.29, 1.82) is 0 Å². The molecule has 0 saturated heterocycles. The Morgan fingerprint density at radius 1 is 0.933 bits per heavy atom. The summed E-state index contributed by atoms with van der Waals surface area (Å²) in [7, 11) is 0. The minimum atomic E-state index is -0.747. The second kappa shape index (κ2) is 11.0. The second-order valence-corrected chi connectivity index (χ2v) is 8.09. The molecule has 0 fully saturated rings. The molecule has 0 spiro atoms. The Bertz CT molecular complexity index is 914. The highest BCUT2D eigenvalue weighted by atomic mass is 35.5. The highest BCUT2D eigenvalue weighted by molar-refractivity contribution is 6.36. The molecule has 30 heavy (non-hydrogen) atoms. The van der Waals surface area contributed by atoms with E-state index in [1.807, 2.05) is 13.8 Å². The van der Waals surface area contributed by atoms with Gasteiger partial charge in [0.25, 0.3) is 5.91 Å². The smallest absolute Gasteiger partial charge is 0.253 e. The third kappa shape index (κ3) is 7.04. The van der Waals surface area contributed by atoms with Crippen LogP contribution in [0.1, 0.15) is 44.0 Å². The predicted molar refractivity (Wildman–Crippen MR) is 121 cm³/mol. The standard InChI is InChI=1S/C22H25Cl2N3O3/c1-4-20(28)25-15-6-8-16(9-7-15)26-22(30)19(11-13(2)3)27-21(29)17-10-5-14(23)12-18(17)24/h5-10,12-13,19H,4,11H2,1-3H3,(H,25,28)(H,26,30)(H,27,29). The zero-order valence-corrected chi connectivity index (χ0v) is 18.6. The SMILES string of the molecule is CCC(=O)Nc1ccc(NC(=O)C(CC(C)C)NC(=O)c2ccc(Cl)cc2Cl)cc1. The van der Waals surface area contributed by atoms with Crippen LogP contribution in [0.25, 0.3) is 0 Å². The number of carbonyl (C=O) groups is 3. The van der Waals surface area contributed by atoms with Crippen molar-refractivity contribution in [3.63, 3.8) is 0 Å². The zero-order chi connectivity index (χ0) is 22.3. The third-order valence-electron chi connectivity index (χ3n) is 4.26. The summed E-state index contributed by atoms with van der Waals surface area (Å²) in [6.07, 6.45) is 0.833. The molecule has 0 aromatic heterocycles. The average molecular weight is 450 g/mol. The topological polar surface area (TPSA) is 87.3 Å². The van der Waals surface area contributed by atoms with Gasteiger partial charge in [0.05, 0.1) is 10.6 Å². The van der Waals surface area contributed by atoms with Crippen molar-refractivity contribution in [1.82, 2.24) is 5.32 Å². The molecule has 6 nitrogen and oxygen atoms in total. The lowest BCUT2D eigenvalue weighted by molar-refractivity contribution is -0.118. The number of carbonyl (C=O) groups excluding carboxylic acids is 3. The Kier molecular flexibility index (Phi) is 8.69. The van der Waals surface area contributed by atoms with E-state index in [9.17, 15) is 14.4 Å². The molecule has 0 aliphatic rings. The highest BCUT2D eigenvalue weighted by Crippen LogP contribution is 2.21. The van der Waals surface area contributed by atoms with E-state index in [1.165, 1.54) is 12.1 Å². The van der Waals surface area contributed by atoms with Crippen LogP contribution in [0, 0.1) is 5.92 Å². The van der Waals surface area contributed by atoms with Crippen LogP contribution >= 0.6 is 23.2 Å². The number of hydrogen-bond acceptors (Lipinski definition) is 3. The number of halogens is 2. The van der Waals surface area contributed by atoms with Gasteiger partial charge >= 0.3 is 0 Å². The molecule has 160 valence electrons. The van der Waals surface area contributed by atoms with Gasteiger partial charge in [-0.25, -0.2) is 0 Å². The van der Waals surface area contributed by atoms with Crippen LogP contribution in [0.15, 0.2) is 42.5 Å². The number of benzene rings is 2. The molecule has 0 heterocycles. The third-order valence-corrected chi connectivity index (χ3v) is 4.81. The Balaban J connectivity index is 2.09.